The van der Waals surface area contributed by atoms with Crippen LogP contribution in [0.25, 0.3) is 5.69 Å². The molecule has 0 amide bonds. The van der Waals surface area contributed by atoms with E-state index in [1.165, 1.54) is 57.5 Å². The van der Waals surface area contributed by atoms with Gasteiger partial charge in [-0.05, 0) is 85.5 Å². The molecule has 10 heteroatoms. The molecule has 0 spiro atoms. The van der Waals surface area contributed by atoms with Crippen LogP contribution < -0.4 is 4.31 Å². The minimum absolute atomic E-state index is 0.226. The molecule has 0 radical (unpaired) electrons. The number of sulfonamides is 1. The number of aryl methyl sites for hydroxylation is 1. The van der Waals surface area contributed by atoms with E-state index in [9.17, 15) is 17.2 Å². The molecule has 0 fully saturated rings. The predicted molar refractivity (Wildman–Crippen MR) is 146 cm³/mol. The third-order valence-corrected chi connectivity index (χ3v) is 9.66. The summed E-state index contributed by atoms with van der Waals surface area (Å²) >= 11 is 12.5. The topological polar surface area (TPSA) is 55.2 Å². The van der Waals surface area contributed by atoms with Crippen LogP contribution in [0.5, 0.6) is 0 Å². The van der Waals surface area contributed by atoms with Crippen molar-refractivity contribution in [2.75, 3.05) is 4.31 Å². The molecule has 5 rings (SSSR count). The van der Waals surface area contributed by atoms with Crippen LogP contribution in [-0.4, -0.2) is 24.0 Å². The smallest absolute Gasteiger partial charge is 0.285 e. The monoisotopic (exact) mass is 575 g/mol. The van der Waals surface area contributed by atoms with Gasteiger partial charge in [-0.25, -0.2) is 13.8 Å². The fraction of sp³-hybridized carbons (Fsp3) is 0.250. The fourth-order valence-electron chi connectivity index (χ4n) is 4.97. The summed E-state index contributed by atoms with van der Waals surface area (Å²) in [4.78, 5) is 4.42. The van der Waals surface area contributed by atoms with Crippen LogP contribution in [0.2, 0.25) is 10.0 Å². The summed E-state index contributed by atoms with van der Waals surface area (Å²) < 4.78 is 59.3. The third-order valence-electron chi connectivity index (χ3n) is 7.10. The summed E-state index contributed by atoms with van der Waals surface area (Å²) in [7, 11) is -4.24. The van der Waals surface area contributed by atoms with Gasteiger partial charge in [0.05, 0.1) is 27.6 Å². The van der Waals surface area contributed by atoms with Gasteiger partial charge in [-0.1, -0.05) is 43.1 Å². The first-order chi connectivity index (χ1) is 17.9. The Morgan fingerprint density at radius 1 is 0.947 bits per heavy atom. The van der Waals surface area contributed by atoms with Gasteiger partial charge < -0.3 is 0 Å². The normalized spacial score (nSPS) is 16.0. The zero-order valence-electron chi connectivity index (χ0n) is 20.9. The number of benzene rings is 3. The molecule has 198 valence electrons. The lowest BCUT2D eigenvalue weighted by Crippen LogP contribution is -2.43. The van der Waals surface area contributed by atoms with Crippen LogP contribution in [-0.2, 0) is 21.9 Å². The van der Waals surface area contributed by atoms with Crippen molar-refractivity contribution < 1.29 is 17.2 Å². The molecule has 3 aromatic carbocycles. The van der Waals surface area contributed by atoms with Gasteiger partial charge in [-0.3, -0.25) is 8.87 Å². The Balaban J connectivity index is 1.74. The van der Waals surface area contributed by atoms with Gasteiger partial charge in [-0.15, -0.1) is 0 Å². The van der Waals surface area contributed by atoms with E-state index < -0.39 is 27.1 Å². The average Bonchev–Trinajstić information content (AvgIpc) is 3.33. The van der Waals surface area contributed by atoms with Crippen LogP contribution >= 0.6 is 23.2 Å². The van der Waals surface area contributed by atoms with E-state index in [1.807, 2.05) is 26.8 Å². The minimum atomic E-state index is -4.24. The van der Waals surface area contributed by atoms with Crippen molar-refractivity contribution >= 4 is 38.9 Å². The average molecular weight is 576 g/mol. The standard InChI is InChI=1S/C28H25Cl2F2N3O2S/c1-17-4-5-18-14-21(32)9-13-25(18)35(17)38(36,37)27-33-16-26(34(27)22-10-7-20(31)8-11-22)28(2,3)19-6-12-23(29)24(30)15-19/h6-17H,4-5H2,1-3H3. The Labute approximate surface area is 230 Å². The number of hydrogen-bond donors (Lipinski definition) is 0. The van der Waals surface area contributed by atoms with Crippen LogP contribution in [0.15, 0.2) is 72.0 Å². The Morgan fingerprint density at radius 3 is 2.32 bits per heavy atom. The van der Waals surface area contributed by atoms with Crippen molar-refractivity contribution in [3.8, 4) is 5.69 Å². The number of aromatic nitrogens is 2. The Hall–Kier alpha value is -2.94. The number of hydrogen-bond acceptors (Lipinski definition) is 3. The number of rotatable bonds is 5. The van der Waals surface area contributed by atoms with Gasteiger partial charge in [-0.2, -0.15) is 8.42 Å². The molecule has 1 aromatic heterocycles. The maximum atomic E-state index is 14.3. The molecule has 0 bridgehead atoms. The largest absolute Gasteiger partial charge is 0.298 e. The second-order valence-corrected chi connectivity index (χ2v) is 12.5. The molecule has 1 aliphatic rings. The van der Waals surface area contributed by atoms with Crippen molar-refractivity contribution in [3.05, 3.63) is 105 Å². The fourth-order valence-corrected chi connectivity index (χ4v) is 7.08. The van der Waals surface area contributed by atoms with Crippen LogP contribution in [0.1, 0.15) is 44.0 Å². The van der Waals surface area contributed by atoms with Gasteiger partial charge >= 0.3 is 0 Å². The molecule has 0 saturated carbocycles. The summed E-state index contributed by atoms with van der Waals surface area (Å²) in [5.41, 5.74) is 2.01. The Morgan fingerprint density at radius 2 is 1.63 bits per heavy atom. The highest BCUT2D eigenvalue weighted by Gasteiger charge is 2.40. The van der Waals surface area contributed by atoms with Crippen LogP contribution in [0.3, 0.4) is 0 Å². The molecule has 5 nitrogen and oxygen atoms in total. The summed E-state index contributed by atoms with van der Waals surface area (Å²) in [6.45, 7) is 5.65. The maximum Gasteiger partial charge on any atom is 0.298 e. The lowest BCUT2D eigenvalue weighted by Gasteiger charge is -2.36. The zero-order valence-corrected chi connectivity index (χ0v) is 23.2. The van der Waals surface area contributed by atoms with E-state index in [4.69, 9.17) is 23.2 Å². The van der Waals surface area contributed by atoms with Crippen molar-refractivity contribution in [2.45, 2.75) is 50.2 Å². The van der Waals surface area contributed by atoms with E-state index in [0.29, 0.717) is 45.5 Å². The van der Waals surface area contributed by atoms with Gasteiger partial charge in [0.2, 0.25) is 0 Å². The molecule has 1 unspecified atom stereocenters. The molecule has 0 aliphatic carbocycles. The molecule has 1 aliphatic heterocycles. The van der Waals surface area contributed by atoms with Crippen molar-refractivity contribution in [3.63, 3.8) is 0 Å². The molecule has 0 saturated heterocycles. The van der Waals surface area contributed by atoms with Crippen molar-refractivity contribution in [1.29, 1.82) is 0 Å². The second kappa shape index (κ2) is 9.67. The molecule has 0 N–H and O–H groups in total. The first-order valence-corrected chi connectivity index (χ1v) is 14.2. The quantitative estimate of drug-likeness (QED) is 0.250. The number of halogens is 4. The molecular weight excluding hydrogens is 551 g/mol. The van der Waals surface area contributed by atoms with Crippen molar-refractivity contribution in [2.24, 2.45) is 0 Å². The first-order valence-electron chi connectivity index (χ1n) is 12.0. The van der Waals surface area contributed by atoms with E-state index in [0.717, 1.165) is 5.56 Å². The summed E-state index contributed by atoms with van der Waals surface area (Å²) in [5, 5.41) is 0.538. The number of imidazole rings is 1. The molecular formula is C28H25Cl2F2N3O2S. The highest BCUT2D eigenvalue weighted by Crippen LogP contribution is 2.40. The molecule has 38 heavy (non-hydrogen) atoms. The zero-order chi connectivity index (χ0) is 27.4. The van der Waals surface area contributed by atoms with Crippen molar-refractivity contribution in [1.82, 2.24) is 9.55 Å². The van der Waals surface area contributed by atoms with E-state index in [2.05, 4.69) is 4.98 Å². The lowest BCUT2D eigenvalue weighted by molar-refractivity contribution is 0.544. The Bertz CT molecular complexity index is 1640. The van der Waals surface area contributed by atoms with Crippen LogP contribution in [0, 0.1) is 11.6 Å². The Kier molecular flexibility index (Phi) is 6.78. The highest BCUT2D eigenvalue weighted by atomic mass is 35.5. The lowest BCUT2D eigenvalue weighted by atomic mass is 9.81. The number of anilines is 1. The maximum absolute atomic E-state index is 14.3. The molecule has 2 heterocycles. The SMILES string of the molecule is CC1CCc2cc(F)ccc2N1S(=O)(=O)c1ncc(C(C)(C)c2ccc(Cl)c(Cl)c2)n1-c1ccc(F)cc1. The predicted octanol–water partition coefficient (Wildman–Crippen LogP) is 7.31. The van der Waals surface area contributed by atoms with E-state index in [1.54, 1.807) is 12.1 Å². The summed E-state index contributed by atoms with van der Waals surface area (Å²) in [6.07, 6.45) is 2.59. The van der Waals surface area contributed by atoms with Crippen LogP contribution in [0.4, 0.5) is 14.5 Å². The first kappa shape index (κ1) is 26.7. The molecule has 1 atom stereocenters. The molecule has 4 aromatic rings. The second-order valence-electron chi connectivity index (χ2n) is 9.95. The number of nitrogens with zero attached hydrogens (tertiary/aromatic N) is 3. The minimum Gasteiger partial charge on any atom is -0.285 e. The van der Waals surface area contributed by atoms with Gasteiger partial charge in [0.15, 0.2) is 0 Å². The van der Waals surface area contributed by atoms with Gasteiger partial charge in [0, 0.05) is 17.1 Å². The highest BCUT2D eigenvalue weighted by molar-refractivity contribution is 7.92. The van der Waals surface area contributed by atoms with E-state index in [-0.39, 0.29) is 11.2 Å². The number of fused-ring (bicyclic) bond motifs is 1. The van der Waals surface area contributed by atoms with Gasteiger partial charge in [0.1, 0.15) is 11.6 Å². The summed E-state index contributed by atoms with van der Waals surface area (Å²) in [6, 6.07) is 14.5. The third kappa shape index (κ3) is 4.48. The summed E-state index contributed by atoms with van der Waals surface area (Å²) in [5.74, 6) is -0.877. The van der Waals surface area contributed by atoms with E-state index >= 15 is 0 Å². The van der Waals surface area contributed by atoms with Gasteiger partial charge in [0.25, 0.3) is 15.2 Å².